The maximum absolute atomic E-state index is 11.6. The lowest BCUT2D eigenvalue weighted by Gasteiger charge is -2.25. The zero-order chi connectivity index (χ0) is 17.7. The quantitative estimate of drug-likeness (QED) is 0.638. The summed E-state index contributed by atoms with van der Waals surface area (Å²) in [5.41, 5.74) is 1.03. The summed E-state index contributed by atoms with van der Waals surface area (Å²) in [6.45, 7) is 5.28. The van der Waals surface area contributed by atoms with E-state index in [1.807, 2.05) is 36.2 Å². The molecule has 134 valence electrons. The first-order valence-corrected chi connectivity index (χ1v) is 10.4. The van der Waals surface area contributed by atoms with Crippen LogP contribution in [0.4, 0.5) is 0 Å². The van der Waals surface area contributed by atoms with E-state index in [0.29, 0.717) is 19.5 Å². The fourth-order valence-corrected chi connectivity index (χ4v) is 4.77. The van der Waals surface area contributed by atoms with Gasteiger partial charge < -0.3 is 10.2 Å². The van der Waals surface area contributed by atoms with Crippen LogP contribution < -0.4 is 5.32 Å². The van der Waals surface area contributed by atoms with E-state index in [1.165, 1.54) is 0 Å². The molecule has 0 bridgehead atoms. The summed E-state index contributed by atoms with van der Waals surface area (Å²) < 4.78 is 23.2. The average Bonchev–Trinajstić information content (AvgIpc) is 2.84. The van der Waals surface area contributed by atoms with Gasteiger partial charge >= 0.3 is 0 Å². The predicted octanol–water partition coefficient (Wildman–Crippen LogP) is 2.56. The first-order chi connectivity index (χ1) is 11.3. The third-order valence-electron chi connectivity index (χ3n) is 3.97. The van der Waals surface area contributed by atoms with Crippen molar-refractivity contribution >= 4 is 27.4 Å². The van der Waals surface area contributed by atoms with Crippen LogP contribution in [0.2, 0.25) is 5.02 Å². The molecule has 1 aliphatic rings. The Morgan fingerprint density at radius 1 is 1.42 bits per heavy atom. The highest BCUT2D eigenvalue weighted by atomic mass is 35.5. The number of benzene rings is 1. The van der Waals surface area contributed by atoms with Gasteiger partial charge in [-0.05, 0) is 37.8 Å². The Morgan fingerprint density at radius 2 is 2.12 bits per heavy atom. The van der Waals surface area contributed by atoms with Crippen molar-refractivity contribution in [1.29, 1.82) is 0 Å². The second-order valence-corrected chi connectivity index (χ2v) is 9.32. The number of hydrogen-bond acceptors (Lipinski definition) is 3. The molecule has 24 heavy (non-hydrogen) atoms. The number of nitrogens with zero attached hydrogens (tertiary/aromatic N) is 2. The molecule has 0 saturated carbocycles. The van der Waals surface area contributed by atoms with Crippen LogP contribution in [0.5, 0.6) is 0 Å². The molecule has 1 aliphatic heterocycles. The van der Waals surface area contributed by atoms with Gasteiger partial charge in [-0.1, -0.05) is 29.8 Å². The third-order valence-corrected chi connectivity index (χ3v) is 6.18. The molecule has 0 spiro atoms. The smallest absolute Gasteiger partial charge is 0.194 e. The Labute approximate surface area is 150 Å². The van der Waals surface area contributed by atoms with E-state index in [9.17, 15) is 8.42 Å². The van der Waals surface area contributed by atoms with E-state index >= 15 is 0 Å². The number of rotatable bonds is 5. The summed E-state index contributed by atoms with van der Waals surface area (Å²) in [6.07, 6.45) is 0.703. The van der Waals surface area contributed by atoms with Crippen molar-refractivity contribution < 1.29 is 8.42 Å². The number of hydrogen-bond donors (Lipinski definition) is 1. The lowest BCUT2D eigenvalue weighted by Crippen LogP contribution is -2.42. The van der Waals surface area contributed by atoms with Crippen LogP contribution in [0.15, 0.2) is 29.3 Å². The Bertz CT molecular complexity index is 689. The minimum atomic E-state index is -2.86. The fraction of sp³-hybridized carbons (Fsp3) is 0.588. The molecule has 0 amide bonds. The minimum absolute atomic E-state index is 0.118. The Morgan fingerprint density at radius 3 is 2.71 bits per heavy atom. The fourth-order valence-electron chi connectivity index (χ4n) is 2.72. The van der Waals surface area contributed by atoms with Gasteiger partial charge in [0.2, 0.25) is 0 Å². The van der Waals surface area contributed by atoms with Gasteiger partial charge in [0.15, 0.2) is 15.8 Å². The number of aliphatic imine (C=N–C) groups is 1. The molecule has 1 aromatic carbocycles. The van der Waals surface area contributed by atoms with Crippen molar-refractivity contribution in [1.82, 2.24) is 10.2 Å². The molecule has 5 nitrogen and oxygen atoms in total. The molecule has 0 aliphatic carbocycles. The lowest BCUT2D eigenvalue weighted by molar-refractivity contribution is 0.462. The molecule has 1 saturated heterocycles. The zero-order valence-corrected chi connectivity index (χ0v) is 16.1. The van der Waals surface area contributed by atoms with Crippen molar-refractivity contribution in [2.45, 2.75) is 32.9 Å². The molecule has 0 aromatic heterocycles. The van der Waals surface area contributed by atoms with Crippen LogP contribution >= 0.6 is 11.6 Å². The highest BCUT2D eigenvalue weighted by molar-refractivity contribution is 7.91. The van der Waals surface area contributed by atoms with E-state index in [-0.39, 0.29) is 23.5 Å². The van der Waals surface area contributed by atoms with Crippen LogP contribution in [-0.2, 0) is 16.4 Å². The average molecular weight is 372 g/mol. The molecule has 0 radical (unpaired) electrons. The van der Waals surface area contributed by atoms with E-state index in [0.717, 1.165) is 16.5 Å². The van der Waals surface area contributed by atoms with Gasteiger partial charge in [-0.3, -0.25) is 4.99 Å². The maximum atomic E-state index is 11.6. The summed E-state index contributed by atoms with van der Waals surface area (Å²) in [7, 11) is -0.900. The summed E-state index contributed by atoms with van der Waals surface area (Å²) >= 11 is 6.24. The Hall–Kier alpha value is -1.27. The Balaban J connectivity index is 2.06. The van der Waals surface area contributed by atoms with Crippen LogP contribution in [-0.4, -0.2) is 50.4 Å². The van der Waals surface area contributed by atoms with Crippen LogP contribution in [0, 0.1) is 5.92 Å². The second-order valence-electron chi connectivity index (χ2n) is 6.68. The number of nitrogens with one attached hydrogen (secondary N) is 1. The van der Waals surface area contributed by atoms with Crippen molar-refractivity contribution in [3.8, 4) is 0 Å². The van der Waals surface area contributed by atoms with Gasteiger partial charge in [-0.25, -0.2) is 8.42 Å². The molecule has 2 rings (SSSR count). The van der Waals surface area contributed by atoms with E-state index in [1.54, 1.807) is 0 Å². The minimum Gasteiger partial charge on any atom is -0.354 e. The molecule has 1 aromatic rings. The largest absolute Gasteiger partial charge is 0.354 e. The molecular weight excluding hydrogens is 346 g/mol. The van der Waals surface area contributed by atoms with Gasteiger partial charge in [0.05, 0.1) is 11.5 Å². The summed E-state index contributed by atoms with van der Waals surface area (Å²) in [5.74, 6) is 1.43. The molecule has 1 unspecified atom stereocenters. The number of guanidine groups is 1. The molecule has 1 fully saturated rings. The topological polar surface area (TPSA) is 61.8 Å². The maximum Gasteiger partial charge on any atom is 0.194 e. The highest BCUT2D eigenvalue weighted by Gasteiger charge is 2.27. The standard InChI is InChI=1S/C17H26ClN3O2S/c1-13(2)20-17(19-10-14-8-9-24(22,23)12-14)21(3)11-15-6-4-5-7-16(15)18/h4-7,13-14H,8-12H2,1-3H3,(H,19,20). The van der Waals surface area contributed by atoms with E-state index in [4.69, 9.17) is 11.6 Å². The summed E-state index contributed by atoms with van der Waals surface area (Å²) in [6, 6.07) is 7.99. The molecule has 7 heteroatoms. The van der Waals surface area contributed by atoms with Gasteiger partial charge in [0.1, 0.15) is 0 Å². The normalized spacial score (nSPS) is 20.4. The van der Waals surface area contributed by atoms with Crippen molar-refractivity contribution in [2.24, 2.45) is 10.9 Å². The Kier molecular flexibility index (Phi) is 6.52. The first kappa shape index (κ1) is 19.1. The van der Waals surface area contributed by atoms with Crippen LogP contribution in [0.25, 0.3) is 0 Å². The number of sulfone groups is 1. The SMILES string of the molecule is CC(C)NC(=NCC1CCS(=O)(=O)C1)N(C)Cc1ccccc1Cl. The third kappa shape index (κ3) is 5.67. The van der Waals surface area contributed by atoms with E-state index in [2.05, 4.69) is 24.2 Å². The lowest BCUT2D eigenvalue weighted by atomic mass is 10.1. The summed E-state index contributed by atoms with van der Waals surface area (Å²) in [4.78, 5) is 6.68. The zero-order valence-electron chi connectivity index (χ0n) is 14.5. The van der Waals surface area contributed by atoms with E-state index < -0.39 is 9.84 Å². The highest BCUT2D eigenvalue weighted by Crippen LogP contribution is 2.19. The molecular formula is C17H26ClN3O2S. The number of halogens is 1. The van der Waals surface area contributed by atoms with Gasteiger partial charge in [0, 0.05) is 31.2 Å². The van der Waals surface area contributed by atoms with Crippen LogP contribution in [0.3, 0.4) is 0 Å². The van der Waals surface area contributed by atoms with Gasteiger partial charge in [0.25, 0.3) is 0 Å². The molecule has 1 heterocycles. The van der Waals surface area contributed by atoms with Crippen LogP contribution in [0.1, 0.15) is 25.8 Å². The van der Waals surface area contributed by atoms with Crippen molar-refractivity contribution in [3.63, 3.8) is 0 Å². The van der Waals surface area contributed by atoms with Gasteiger partial charge in [-0.15, -0.1) is 0 Å². The van der Waals surface area contributed by atoms with Crippen molar-refractivity contribution in [3.05, 3.63) is 34.9 Å². The van der Waals surface area contributed by atoms with Crippen molar-refractivity contribution in [2.75, 3.05) is 25.1 Å². The van der Waals surface area contributed by atoms with Gasteiger partial charge in [-0.2, -0.15) is 0 Å². The molecule has 1 atom stereocenters. The summed E-state index contributed by atoms with van der Waals surface area (Å²) in [5, 5.41) is 4.08. The monoisotopic (exact) mass is 371 g/mol. The second kappa shape index (κ2) is 8.21. The first-order valence-electron chi connectivity index (χ1n) is 8.23. The molecule has 1 N–H and O–H groups in total. The predicted molar refractivity (Wildman–Crippen MR) is 100 cm³/mol.